The number of allylic oxidation sites excluding steroid dienone is 2. The van der Waals surface area contributed by atoms with Gasteiger partial charge in [-0.1, -0.05) is 30.4 Å². The number of alkyl carbamates (subject to hydrolysis) is 1. The van der Waals surface area contributed by atoms with Gasteiger partial charge in [0.15, 0.2) is 0 Å². The van der Waals surface area contributed by atoms with E-state index in [2.05, 4.69) is 26.6 Å². The number of hydrogen-bond donors (Lipinski definition) is 4. The van der Waals surface area contributed by atoms with Crippen LogP contribution in [-0.2, 0) is 17.7 Å². The molecule has 0 saturated heterocycles. The number of pyridine rings is 1. The summed E-state index contributed by atoms with van der Waals surface area (Å²) in [6, 6.07) is 13.9. The van der Waals surface area contributed by atoms with Gasteiger partial charge >= 0.3 is 6.09 Å². The van der Waals surface area contributed by atoms with Crippen molar-refractivity contribution in [3.8, 4) is 0 Å². The maximum absolute atomic E-state index is 11.8. The molecule has 37 heavy (non-hydrogen) atoms. The number of hydrazine groups is 1. The number of anilines is 1. The summed E-state index contributed by atoms with van der Waals surface area (Å²) in [5.41, 5.74) is 9.41. The largest absolute Gasteiger partial charge is 0.444 e. The number of benzene rings is 1. The van der Waals surface area contributed by atoms with Gasteiger partial charge in [0, 0.05) is 44.3 Å². The van der Waals surface area contributed by atoms with Gasteiger partial charge in [0.05, 0.1) is 17.4 Å². The Bertz CT molecular complexity index is 1080. The van der Waals surface area contributed by atoms with E-state index in [9.17, 15) is 4.79 Å². The zero-order valence-corrected chi connectivity index (χ0v) is 21.9. The Morgan fingerprint density at radius 2 is 1.97 bits per heavy atom. The van der Waals surface area contributed by atoms with E-state index in [1.165, 1.54) is 5.01 Å². The zero-order valence-electron chi connectivity index (χ0n) is 21.9. The van der Waals surface area contributed by atoms with E-state index in [1.807, 2.05) is 81.6 Å². The van der Waals surface area contributed by atoms with Crippen LogP contribution < -0.4 is 27.2 Å². The second-order valence-corrected chi connectivity index (χ2v) is 9.96. The van der Waals surface area contributed by atoms with Crippen molar-refractivity contribution in [1.82, 2.24) is 20.5 Å². The first kappa shape index (κ1) is 27.8. The fourth-order valence-corrected chi connectivity index (χ4v) is 3.80. The summed E-state index contributed by atoms with van der Waals surface area (Å²) in [5.74, 6) is 6.30. The molecular weight excluding hydrogens is 466 g/mol. The highest BCUT2D eigenvalue weighted by atomic mass is 16.6. The molecule has 2 aromatic rings. The molecule has 3 rings (SSSR count). The minimum absolute atomic E-state index is 0.188. The number of aromatic nitrogens is 1. The highest BCUT2D eigenvalue weighted by Crippen LogP contribution is 2.15. The number of carbonyl (C=O) groups excluding carboxylic acids is 1. The Balaban J connectivity index is 1.55. The minimum Gasteiger partial charge on any atom is -0.444 e. The van der Waals surface area contributed by atoms with E-state index in [1.54, 1.807) is 12.4 Å². The highest BCUT2D eigenvalue weighted by Gasteiger charge is 2.16. The number of rotatable bonds is 11. The number of amides is 1. The first-order chi connectivity index (χ1) is 17.7. The lowest BCUT2D eigenvalue weighted by atomic mass is 10.1. The summed E-state index contributed by atoms with van der Waals surface area (Å²) in [5, 5.41) is 7.65. The van der Waals surface area contributed by atoms with Crippen LogP contribution in [0.5, 0.6) is 0 Å². The monoisotopic (exact) mass is 505 g/mol. The van der Waals surface area contributed by atoms with Gasteiger partial charge in [-0.25, -0.2) is 10.6 Å². The Morgan fingerprint density at radius 3 is 2.62 bits per heavy atom. The molecule has 0 bridgehead atoms. The molecule has 1 atom stereocenters. The topological polar surface area (TPSA) is 122 Å². The van der Waals surface area contributed by atoms with Crippen LogP contribution in [0.4, 0.5) is 10.5 Å². The summed E-state index contributed by atoms with van der Waals surface area (Å²) < 4.78 is 5.26. The predicted octanol–water partition coefficient (Wildman–Crippen LogP) is 3.17. The molecule has 1 amide bonds. The second-order valence-electron chi connectivity index (χ2n) is 9.96. The van der Waals surface area contributed by atoms with Gasteiger partial charge in [0.1, 0.15) is 5.60 Å². The molecule has 1 aromatic carbocycles. The van der Waals surface area contributed by atoms with E-state index in [0.29, 0.717) is 31.8 Å². The van der Waals surface area contributed by atoms with Gasteiger partial charge in [0.25, 0.3) is 0 Å². The maximum atomic E-state index is 11.8. The molecule has 0 aliphatic carbocycles. The second kappa shape index (κ2) is 13.5. The van der Waals surface area contributed by atoms with Crippen LogP contribution in [0.15, 0.2) is 85.0 Å². The zero-order chi connectivity index (χ0) is 26.7. The maximum Gasteiger partial charge on any atom is 0.407 e. The molecule has 1 aliphatic heterocycles. The van der Waals surface area contributed by atoms with Crippen LogP contribution in [0.3, 0.4) is 0 Å². The van der Waals surface area contributed by atoms with Crippen molar-refractivity contribution in [3.05, 3.63) is 96.2 Å². The molecule has 0 saturated carbocycles. The quantitative estimate of drug-likeness (QED) is 0.271. The van der Waals surface area contributed by atoms with Crippen LogP contribution in [0.25, 0.3) is 0 Å². The lowest BCUT2D eigenvalue weighted by Gasteiger charge is -2.27. The lowest BCUT2D eigenvalue weighted by molar-refractivity contribution is 0.0528. The van der Waals surface area contributed by atoms with E-state index in [4.69, 9.17) is 16.3 Å². The minimum atomic E-state index is -0.512. The lowest BCUT2D eigenvalue weighted by Crippen LogP contribution is -2.40. The number of ether oxygens (including phenoxy) is 1. The number of carbonyl (C=O) groups is 1. The standard InChI is InChI=1S/C28H39N7O2/c1-28(2,3)37-27(36)33-17-14-22-10-12-26(13-11-22)35(30)19-23(29)18-34(20-24-8-4-6-15-31-24)21-25-9-5-7-16-32-25/h4-13,15-16,19,24,31H,14,17-18,20-21,29-30H2,1-3H3,(H,33,36)/b23-19-. The summed E-state index contributed by atoms with van der Waals surface area (Å²) in [6.07, 6.45) is 11.9. The smallest absolute Gasteiger partial charge is 0.407 e. The SMILES string of the molecule is CC(C)(C)OC(=O)NCCc1ccc(N(N)/C=C(\N)CN(Cc2ccccn2)CC2C=CC=CN2)cc1. The molecule has 2 heterocycles. The van der Waals surface area contributed by atoms with Gasteiger partial charge in [-0.2, -0.15) is 0 Å². The van der Waals surface area contributed by atoms with Crippen molar-refractivity contribution in [2.45, 2.75) is 45.4 Å². The number of nitrogens with one attached hydrogen (secondary N) is 2. The van der Waals surface area contributed by atoms with Crippen molar-refractivity contribution < 1.29 is 9.53 Å². The van der Waals surface area contributed by atoms with Crippen molar-refractivity contribution in [2.24, 2.45) is 11.6 Å². The Hall–Kier alpha value is -3.82. The normalized spacial score (nSPS) is 15.4. The first-order valence-corrected chi connectivity index (χ1v) is 12.5. The average molecular weight is 506 g/mol. The van der Waals surface area contributed by atoms with Crippen LogP contribution in [0.1, 0.15) is 32.0 Å². The molecule has 9 heteroatoms. The summed E-state index contributed by atoms with van der Waals surface area (Å²) in [6.45, 7) is 7.98. The van der Waals surface area contributed by atoms with E-state index >= 15 is 0 Å². The van der Waals surface area contributed by atoms with Crippen molar-refractivity contribution in [1.29, 1.82) is 0 Å². The molecule has 1 aliphatic rings. The van der Waals surface area contributed by atoms with Gasteiger partial charge in [-0.15, -0.1) is 0 Å². The average Bonchev–Trinajstić information content (AvgIpc) is 2.84. The Morgan fingerprint density at radius 1 is 1.19 bits per heavy atom. The molecule has 1 aromatic heterocycles. The molecule has 1 unspecified atom stereocenters. The molecular formula is C28H39N7O2. The Labute approximate surface area is 219 Å². The number of nitrogens with zero attached hydrogens (tertiary/aromatic N) is 3. The van der Waals surface area contributed by atoms with E-state index in [0.717, 1.165) is 23.5 Å². The number of dihydropyridines is 1. The van der Waals surface area contributed by atoms with Gasteiger partial charge in [-0.3, -0.25) is 14.9 Å². The van der Waals surface area contributed by atoms with Gasteiger partial charge < -0.3 is 21.1 Å². The molecule has 9 nitrogen and oxygen atoms in total. The number of nitrogens with two attached hydrogens (primary N) is 2. The summed E-state index contributed by atoms with van der Waals surface area (Å²) in [7, 11) is 0. The van der Waals surface area contributed by atoms with Gasteiger partial charge in [0.2, 0.25) is 0 Å². The molecule has 0 radical (unpaired) electrons. The fourth-order valence-electron chi connectivity index (χ4n) is 3.80. The van der Waals surface area contributed by atoms with Crippen LogP contribution in [0.2, 0.25) is 0 Å². The van der Waals surface area contributed by atoms with Crippen molar-refractivity contribution in [2.75, 3.05) is 24.6 Å². The highest BCUT2D eigenvalue weighted by molar-refractivity contribution is 5.67. The van der Waals surface area contributed by atoms with Crippen LogP contribution in [0, 0.1) is 0 Å². The van der Waals surface area contributed by atoms with E-state index < -0.39 is 11.7 Å². The third-order valence-electron chi connectivity index (χ3n) is 5.46. The first-order valence-electron chi connectivity index (χ1n) is 12.5. The summed E-state index contributed by atoms with van der Waals surface area (Å²) >= 11 is 0. The summed E-state index contributed by atoms with van der Waals surface area (Å²) in [4.78, 5) is 18.5. The van der Waals surface area contributed by atoms with Crippen LogP contribution in [-0.4, -0.2) is 47.3 Å². The molecule has 0 spiro atoms. The third-order valence-corrected chi connectivity index (χ3v) is 5.46. The fraction of sp³-hybridized carbons (Fsp3) is 0.357. The number of hydrogen-bond acceptors (Lipinski definition) is 8. The van der Waals surface area contributed by atoms with Crippen molar-refractivity contribution in [3.63, 3.8) is 0 Å². The van der Waals surface area contributed by atoms with E-state index in [-0.39, 0.29) is 6.04 Å². The molecule has 0 fully saturated rings. The van der Waals surface area contributed by atoms with Gasteiger partial charge in [-0.05, 0) is 69.3 Å². The molecule has 6 N–H and O–H groups in total. The van der Waals surface area contributed by atoms with Crippen molar-refractivity contribution >= 4 is 11.8 Å². The molecule has 198 valence electrons. The third kappa shape index (κ3) is 10.4. The predicted molar refractivity (Wildman–Crippen MR) is 148 cm³/mol. The Kier molecular flexibility index (Phi) is 10.1. The van der Waals surface area contributed by atoms with Crippen LogP contribution >= 0.6 is 0 Å².